The summed E-state index contributed by atoms with van der Waals surface area (Å²) in [7, 11) is 0. The van der Waals surface area contributed by atoms with Gasteiger partial charge in [-0.2, -0.15) is 0 Å². The maximum absolute atomic E-state index is 11.8. The fourth-order valence-electron chi connectivity index (χ4n) is 1.92. The van der Waals surface area contributed by atoms with Gasteiger partial charge in [-0.3, -0.25) is 4.79 Å². The van der Waals surface area contributed by atoms with Crippen LogP contribution >= 0.6 is 11.6 Å². The quantitative estimate of drug-likeness (QED) is 0.369. The van der Waals surface area contributed by atoms with Crippen LogP contribution in [0.1, 0.15) is 33.6 Å². The van der Waals surface area contributed by atoms with Crippen molar-refractivity contribution in [2.75, 3.05) is 25.7 Å². The smallest absolute Gasteiger partial charge is 0.311 e. The molecular formula is C17H25ClO4. The Morgan fingerprint density at radius 1 is 1.09 bits per heavy atom. The first-order chi connectivity index (χ1) is 10.5. The second kappa shape index (κ2) is 9.57. The molecule has 1 aromatic carbocycles. The lowest BCUT2D eigenvalue weighted by atomic mass is 9.88. The zero-order valence-electron chi connectivity index (χ0n) is 13.6. The Hall–Kier alpha value is -1.42. The zero-order chi connectivity index (χ0) is 16.4. The van der Waals surface area contributed by atoms with Crippen LogP contribution in [-0.4, -0.2) is 31.7 Å². The molecule has 0 aromatic heterocycles. The monoisotopic (exact) mass is 328 g/mol. The lowest BCUT2D eigenvalue weighted by Gasteiger charge is -2.22. The summed E-state index contributed by atoms with van der Waals surface area (Å²) in [5, 5.41) is 0. The van der Waals surface area contributed by atoms with E-state index in [1.807, 2.05) is 45.0 Å². The second-order valence-corrected chi connectivity index (χ2v) is 5.94. The number of ether oxygens (including phenoxy) is 3. The fourth-order valence-corrected chi connectivity index (χ4v) is 2.00. The van der Waals surface area contributed by atoms with Crippen molar-refractivity contribution in [1.82, 2.24) is 0 Å². The topological polar surface area (TPSA) is 44.8 Å². The molecule has 4 nitrogen and oxygen atoms in total. The minimum Gasteiger partial charge on any atom is -0.494 e. The third-order valence-corrected chi connectivity index (χ3v) is 3.37. The molecule has 0 atom stereocenters. The Bertz CT molecular complexity index is 442. The van der Waals surface area contributed by atoms with Crippen molar-refractivity contribution in [2.24, 2.45) is 5.41 Å². The standard InChI is InChI=1S/C17H25ClO4/c1-4-20-16(19)17(2,3)10-5-12-21-14-6-8-15(9-7-14)22-13-11-18/h6-9H,4-5,10-13H2,1-3H3. The van der Waals surface area contributed by atoms with Crippen LogP contribution in [0.5, 0.6) is 11.5 Å². The van der Waals surface area contributed by atoms with Crippen molar-refractivity contribution in [3.63, 3.8) is 0 Å². The van der Waals surface area contributed by atoms with Gasteiger partial charge in [0.2, 0.25) is 0 Å². The molecule has 0 radical (unpaired) electrons. The number of hydrogen-bond donors (Lipinski definition) is 0. The van der Waals surface area contributed by atoms with Crippen LogP contribution in [0, 0.1) is 5.41 Å². The van der Waals surface area contributed by atoms with Gasteiger partial charge in [0.25, 0.3) is 0 Å². The molecule has 5 heteroatoms. The number of carbonyl (C=O) groups is 1. The van der Waals surface area contributed by atoms with Crippen LogP contribution in [0.3, 0.4) is 0 Å². The number of carbonyl (C=O) groups excluding carboxylic acids is 1. The van der Waals surface area contributed by atoms with E-state index in [1.165, 1.54) is 0 Å². The van der Waals surface area contributed by atoms with Crippen LogP contribution in [0.4, 0.5) is 0 Å². The summed E-state index contributed by atoms with van der Waals surface area (Å²) in [5.41, 5.74) is -0.474. The van der Waals surface area contributed by atoms with E-state index in [2.05, 4.69) is 0 Å². The zero-order valence-corrected chi connectivity index (χ0v) is 14.3. The molecule has 0 aliphatic rings. The average Bonchev–Trinajstić information content (AvgIpc) is 2.51. The molecule has 0 bridgehead atoms. The highest BCUT2D eigenvalue weighted by molar-refractivity contribution is 6.18. The first kappa shape index (κ1) is 18.6. The third-order valence-electron chi connectivity index (χ3n) is 3.21. The van der Waals surface area contributed by atoms with E-state index < -0.39 is 5.41 Å². The van der Waals surface area contributed by atoms with Gasteiger partial charge in [0, 0.05) is 0 Å². The molecule has 1 aromatic rings. The number of esters is 1. The Morgan fingerprint density at radius 3 is 2.14 bits per heavy atom. The highest BCUT2D eigenvalue weighted by Gasteiger charge is 2.28. The van der Waals surface area contributed by atoms with Crippen molar-refractivity contribution < 1.29 is 19.0 Å². The maximum atomic E-state index is 11.8. The van der Waals surface area contributed by atoms with Gasteiger partial charge in [0.15, 0.2) is 0 Å². The van der Waals surface area contributed by atoms with Gasteiger partial charge < -0.3 is 14.2 Å². The highest BCUT2D eigenvalue weighted by Crippen LogP contribution is 2.24. The molecule has 22 heavy (non-hydrogen) atoms. The number of benzene rings is 1. The molecule has 0 spiro atoms. The SMILES string of the molecule is CCOC(=O)C(C)(C)CCCOc1ccc(OCCCl)cc1. The Balaban J connectivity index is 2.30. The minimum absolute atomic E-state index is 0.157. The summed E-state index contributed by atoms with van der Waals surface area (Å²) in [4.78, 5) is 11.8. The van der Waals surface area contributed by atoms with Crippen LogP contribution < -0.4 is 9.47 Å². The molecule has 1 rings (SSSR count). The molecule has 124 valence electrons. The summed E-state index contributed by atoms with van der Waals surface area (Å²) in [6, 6.07) is 7.43. The lowest BCUT2D eigenvalue weighted by molar-refractivity contribution is -0.153. The van der Waals surface area contributed by atoms with Gasteiger partial charge in [-0.15, -0.1) is 11.6 Å². The average molecular weight is 329 g/mol. The predicted octanol–water partition coefficient (Wildman–Crippen LogP) is 4.05. The van der Waals surface area contributed by atoms with Gasteiger partial charge in [-0.1, -0.05) is 0 Å². The van der Waals surface area contributed by atoms with E-state index in [4.69, 9.17) is 25.8 Å². The van der Waals surface area contributed by atoms with Crippen LogP contribution in [0.25, 0.3) is 0 Å². The fraction of sp³-hybridized carbons (Fsp3) is 0.588. The normalized spacial score (nSPS) is 11.1. The molecule has 0 amide bonds. The van der Waals surface area contributed by atoms with Gasteiger partial charge in [0.05, 0.1) is 24.5 Å². The molecule has 0 N–H and O–H groups in total. The van der Waals surface area contributed by atoms with Crippen molar-refractivity contribution in [3.05, 3.63) is 24.3 Å². The van der Waals surface area contributed by atoms with E-state index in [-0.39, 0.29) is 5.97 Å². The Kier molecular flexibility index (Phi) is 8.10. The van der Waals surface area contributed by atoms with E-state index in [0.717, 1.165) is 24.3 Å². The molecule has 0 heterocycles. The second-order valence-electron chi connectivity index (χ2n) is 5.57. The van der Waals surface area contributed by atoms with Crippen LogP contribution in [0.2, 0.25) is 0 Å². The van der Waals surface area contributed by atoms with Gasteiger partial charge in [0.1, 0.15) is 18.1 Å². The van der Waals surface area contributed by atoms with E-state index in [1.54, 1.807) is 0 Å². The molecule has 0 unspecified atom stereocenters. The van der Waals surface area contributed by atoms with Gasteiger partial charge in [-0.05, 0) is 57.9 Å². The molecule has 0 fully saturated rings. The van der Waals surface area contributed by atoms with Crippen LogP contribution in [0.15, 0.2) is 24.3 Å². The molecule has 0 saturated heterocycles. The number of rotatable bonds is 10. The molecule has 0 aliphatic carbocycles. The van der Waals surface area contributed by atoms with Crippen molar-refractivity contribution in [1.29, 1.82) is 0 Å². The van der Waals surface area contributed by atoms with Crippen molar-refractivity contribution >= 4 is 17.6 Å². The summed E-state index contributed by atoms with van der Waals surface area (Å²) in [6.45, 7) is 7.08. The van der Waals surface area contributed by atoms with E-state index in [9.17, 15) is 4.79 Å². The number of halogens is 1. The largest absolute Gasteiger partial charge is 0.494 e. The van der Waals surface area contributed by atoms with Gasteiger partial charge in [-0.25, -0.2) is 0 Å². The van der Waals surface area contributed by atoms with Crippen LogP contribution in [-0.2, 0) is 9.53 Å². The minimum atomic E-state index is -0.474. The van der Waals surface area contributed by atoms with Crippen molar-refractivity contribution in [3.8, 4) is 11.5 Å². The highest BCUT2D eigenvalue weighted by atomic mass is 35.5. The van der Waals surface area contributed by atoms with E-state index in [0.29, 0.717) is 25.7 Å². The van der Waals surface area contributed by atoms with E-state index >= 15 is 0 Å². The first-order valence-corrected chi connectivity index (χ1v) is 8.12. The maximum Gasteiger partial charge on any atom is 0.311 e. The Labute approximate surface area is 137 Å². The summed E-state index contributed by atoms with van der Waals surface area (Å²) >= 11 is 5.56. The molecule has 0 aliphatic heterocycles. The number of alkyl halides is 1. The van der Waals surface area contributed by atoms with Gasteiger partial charge >= 0.3 is 5.97 Å². The lowest BCUT2D eigenvalue weighted by Crippen LogP contribution is -2.27. The molecule has 0 saturated carbocycles. The Morgan fingerprint density at radius 2 is 1.64 bits per heavy atom. The van der Waals surface area contributed by atoms with Crippen molar-refractivity contribution in [2.45, 2.75) is 33.6 Å². The summed E-state index contributed by atoms with van der Waals surface area (Å²) < 4.78 is 16.1. The predicted molar refractivity (Wildman–Crippen MR) is 87.8 cm³/mol. The summed E-state index contributed by atoms with van der Waals surface area (Å²) in [6.07, 6.45) is 1.51. The molecular weight excluding hydrogens is 304 g/mol. The number of hydrogen-bond acceptors (Lipinski definition) is 4. The third kappa shape index (κ3) is 6.56. The summed E-state index contributed by atoms with van der Waals surface area (Å²) in [5.74, 6) is 1.87. The first-order valence-electron chi connectivity index (χ1n) is 7.58.